The molecule has 0 bridgehead atoms. The molecule has 11 heteroatoms. The van der Waals surface area contributed by atoms with Crippen molar-refractivity contribution >= 4 is 15.6 Å². The Labute approximate surface area is 154 Å². The summed E-state index contributed by atoms with van der Waals surface area (Å²) in [6, 6.07) is 0. The van der Waals surface area contributed by atoms with Gasteiger partial charge in [0.05, 0.1) is 6.61 Å². The molecule has 0 radical (unpaired) electrons. The quantitative estimate of drug-likeness (QED) is 0.242. The second-order valence-corrected chi connectivity index (χ2v) is 7.72. The van der Waals surface area contributed by atoms with Crippen LogP contribution in [-0.4, -0.2) is 41.1 Å². The van der Waals surface area contributed by atoms with Crippen molar-refractivity contribution in [2.24, 2.45) is 0 Å². The van der Waals surface area contributed by atoms with E-state index in [9.17, 15) is 0 Å². The van der Waals surface area contributed by atoms with Gasteiger partial charge >= 0.3 is 15.6 Å². The van der Waals surface area contributed by atoms with Crippen LogP contribution < -0.4 is 0 Å². The molecule has 7 N–H and O–H groups in total. The number of allylic oxidation sites excluding steroid dienone is 5. The van der Waals surface area contributed by atoms with Gasteiger partial charge in [-0.3, -0.25) is 0 Å². The van der Waals surface area contributed by atoms with E-state index < -0.39 is 15.6 Å². The lowest BCUT2D eigenvalue weighted by atomic mass is 10.1. The third kappa shape index (κ3) is 56.6. The topological polar surface area (TPSA) is 176 Å². The fraction of sp³-hybridized carbons (Fsp3) is 0.600. The molecule has 0 unspecified atom stereocenters. The second kappa shape index (κ2) is 16.6. The third-order valence-corrected chi connectivity index (χ3v) is 2.56. The highest BCUT2D eigenvalue weighted by molar-refractivity contribution is 7.45. The van der Waals surface area contributed by atoms with Crippen LogP contribution in [0.1, 0.15) is 53.4 Å². The molecule has 0 aromatic heterocycles. The number of phosphoric acid groups is 2. The molecule has 0 saturated heterocycles. The van der Waals surface area contributed by atoms with E-state index in [0.717, 1.165) is 25.7 Å². The van der Waals surface area contributed by atoms with Crippen molar-refractivity contribution in [3.63, 3.8) is 0 Å². The van der Waals surface area contributed by atoms with Crippen LogP contribution in [0.2, 0.25) is 0 Å². The van der Waals surface area contributed by atoms with Gasteiger partial charge in [0.1, 0.15) is 0 Å². The Bertz CT molecular complexity index is 501. The summed E-state index contributed by atoms with van der Waals surface area (Å²) in [5, 5.41) is 8.72. The molecule has 0 saturated carbocycles. The molecular formula is C15H32O9P2. The van der Waals surface area contributed by atoms with Crippen molar-refractivity contribution in [3.05, 3.63) is 34.9 Å². The fourth-order valence-electron chi connectivity index (χ4n) is 1.49. The summed E-state index contributed by atoms with van der Waals surface area (Å²) < 4.78 is 17.8. The monoisotopic (exact) mass is 418 g/mol. The van der Waals surface area contributed by atoms with E-state index in [4.69, 9.17) is 43.6 Å². The molecule has 0 aliphatic heterocycles. The van der Waals surface area contributed by atoms with Gasteiger partial charge in [-0.05, 0) is 53.4 Å². The van der Waals surface area contributed by atoms with Gasteiger partial charge in [0, 0.05) is 0 Å². The van der Waals surface area contributed by atoms with Crippen LogP contribution in [0.5, 0.6) is 0 Å². The van der Waals surface area contributed by atoms with Crippen LogP contribution in [0, 0.1) is 0 Å². The van der Waals surface area contributed by atoms with Crippen LogP contribution in [-0.2, 0) is 9.13 Å². The Hall–Kier alpha value is -0.600. The highest BCUT2D eigenvalue weighted by Crippen LogP contribution is 2.26. The Kier molecular flexibility index (Phi) is 19.2. The van der Waals surface area contributed by atoms with E-state index >= 15 is 0 Å². The fourth-order valence-corrected chi connectivity index (χ4v) is 1.49. The number of aliphatic hydroxyl groups excluding tert-OH is 1. The van der Waals surface area contributed by atoms with Crippen molar-refractivity contribution in [2.45, 2.75) is 53.4 Å². The molecule has 0 aliphatic rings. The number of hydrogen-bond acceptors (Lipinski definition) is 3. The molecule has 0 amide bonds. The minimum Gasteiger partial charge on any atom is -0.392 e. The summed E-state index contributed by atoms with van der Waals surface area (Å²) in [4.78, 5) is 43.1. The Morgan fingerprint density at radius 1 is 0.692 bits per heavy atom. The molecule has 0 rings (SSSR count). The lowest BCUT2D eigenvalue weighted by Crippen LogP contribution is -1.82. The smallest absolute Gasteiger partial charge is 0.392 e. The number of hydrogen-bond donors (Lipinski definition) is 7. The van der Waals surface area contributed by atoms with Crippen molar-refractivity contribution in [1.29, 1.82) is 0 Å². The average Bonchev–Trinajstić information content (AvgIpc) is 2.34. The van der Waals surface area contributed by atoms with Crippen LogP contribution in [0.4, 0.5) is 0 Å². The zero-order valence-electron chi connectivity index (χ0n) is 15.6. The van der Waals surface area contributed by atoms with E-state index in [2.05, 4.69) is 39.8 Å². The minimum absolute atomic E-state index is 0.162. The molecule has 156 valence electrons. The molecule has 0 atom stereocenters. The predicted octanol–water partition coefficient (Wildman–Crippen LogP) is 2.54. The molecule has 9 nitrogen and oxygen atoms in total. The van der Waals surface area contributed by atoms with Gasteiger partial charge in [0.15, 0.2) is 0 Å². The molecule has 0 aromatic rings. The first-order valence-corrected chi connectivity index (χ1v) is 10.8. The summed E-state index contributed by atoms with van der Waals surface area (Å²) in [6.07, 6.45) is 10.9. The maximum absolute atomic E-state index is 8.88. The summed E-state index contributed by atoms with van der Waals surface area (Å²) in [6.45, 7) is 8.71. The molecular weight excluding hydrogens is 386 g/mol. The highest BCUT2D eigenvalue weighted by atomic mass is 31.2. The molecule has 0 fully saturated rings. The van der Waals surface area contributed by atoms with Crippen molar-refractivity contribution in [1.82, 2.24) is 0 Å². The van der Waals surface area contributed by atoms with Crippen molar-refractivity contribution in [3.8, 4) is 0 Å². The van der Waals surface area contributed by atoms with E-state index in [-0.39, 0.29) is 6.61 Å². The minimum atomic E-state index is -4.64. The van der Waals surface area contributed by atoms with Gasteiger partial charge in [-0.15, -0.1) is 0 Å². The summed E-state index contributed by atoms with van der Waals surface area (Å²) in [5.41, 5.74) is 4.14. The first-order chi connectivity index (χ1) is 11.6. The van der Waals surface area contributed by atoms with Gasteiger partial charge in [0.2, 0.25) is 0 Å². The highest BCUT2D eigenvalue weighted by Gasteiger charge is 2.00. The second-order valence-electron chi connectivity index (χ2n) is 5.67. The van der Waals surface area contributed by atoms with E-state index in [1.807, 2.05) is 6.08 Å². The largest absolute Gasteiger partial charge is 0.466 e. The molecule has 0 aromatic carbocycles. The molecule has 26 heavy (non-hydrogen) atoms. The van der Waals surface area contributed by atoms with Crippen LogP contribution in [0.3, 0.4) is 0 Å². The first kappa shape index (κ1) is 30.1. The van der Waals surface area contributed by atoms with Crippen molar-refractivity contribution in [2.75, 3.05) is 6.61 Å². The summed E-state index contributed by atoms with van der Waals surface area (Å²) in [7, 11) is -9.28. The van der Waals surface area contributed by atoms with Crippen LogP contribution in [0.15, 0.2) is 34.9 Å². The van der Waals surface area contributed by atoms with E-state index in [1.54, 1.807) is 0 Å². The van der Waals surface area contributed by atoms with Gasteiger partial charge < -0.3 is 34.5 Å². The van der Waals surface area contributed by atoms with E-state index in [0.29, 0.717) is 0 Å². The average molecular weight is 418 g/mol. The summed E-state index contributed by atoms with van der Waals surface area (Å²) in [5.74, 6) is 0. The zero-order chi connectivity index (χ0) is 21.4. The molecule has 0 spiro atoms. The maximum atomic E-state index is 8.88. The first-order valence-electron chi connectivity index (χ1n) is 7.68. The van der Waals surface area contributed by atoms with Crippen LogP contribution >= 0.6 is 15.6 Å². The van der Waals surface area contributed by atoms with Gasteiger partial charge in [-0.25, -0.2) is 9.13 Å². The summed E-state index contributed by atoms with van der Waals surface area (Å²) >= 11 is 0. The molecule has 0 heterocycles. The number of aliphatic hydroxyl groups is 1. The van der Waals surface area contributed by atoms with Gasteiger partial charge in [0.25, 0.3) is 0 Å². The van der Waals surface area contributed by atoms with Crippen molar-refractivity contribution < 1.29 is 43.6 Å². The normalized spacial score (nSPS) is 12.4. The Morgan fingerprint density at radius 2 is 1.00 bits per heavy atom. The zero-order valence-corrected chi connectivity index (χ0v) is 17.4. The van der Waals surface area contributed by atoms with Gasteiger partial charge in [-0.2, -0.15) is 0 Å². The van der Waals surface area contributed by atoms with E-state index in [1.165, 1.54) is 16.7 Å². The third-order valence-electron chi connectivity index (χ3n) is 2.56. The SMILES string of the molecule is CC(C)=CCCC(C)=CCCC(C)=CCO.O=P(O)(O)O.O=P(O)(O)O. The maximum Gasteiger partial charge on any atom is 0.466 e. The Morgan fingerprint density at radius 3 is 1.31 bits per heavy atom. The van der Waals surface area contributed by atoms with Gasteiger partial charge in [-0.1, -0.05) is 34.9 Å². The Balaban J connectivity index is -0.000000433. The predicted molar refractivity (Wildman–Crippen MR) is 101 cm³/mol. The molecule has 0 aliphatic carbocycles. The van der Waals surface area contributed by atoms with Crippen LogP contribution in [0.25, 0.3) is 0 Å². The lowest BCUT2D eigenvalue weighted by molar-refractivity contribution is 0.272. The number of rotatable bonds is 7. The standard InChI is InChI=1S/C15H26O.2H3O4P/c1-13(2)7-5-8-14(3)9-6-10-15(4)11-12-16;2*1-5(2,3)4/h7,9,11,16H,5-6,8,10,12H2,1-4H3;2*(H3,1,2,3,4). The lowest BCUT2D eigenvalue weighted by Gasteiger charge is -2.00.